The van der Waals surface area contributed by atoms with E-state index in [-0.39, 0.29) is 23.5 Å². The molecule has 0 bridgehead atoms. The third-order valence-electron chi connectivity index (χ3n) is 4.99. The highest BCUT2D eigenvalue weighted by atomic mass is 32.2. The van der Waals surface area contributed by atoms with Crippen LogP contribution in [0.5, 0.6) is 0 Å². The molecule has 0 saturated heterocycles. The summed E-state index contributed by atoms with van der Waals surface area (Å²) in [5.74, 6) is 0.716. The number of benzene rings is 1. The van der Waals surface area contributed by atoms with Crippen molar-refractivity contribution in [2.24, 2.45) is 0 Å². The second-order valence-electron chi connectivity index (χ2n) is 7.24. The molecule has 5 rings (SSSR count). The number of aromatic nitrogens is 3. The summed E-state index contributed by atoms with van der Waals surface area (Å²) in [6.07, 6.45) is 2.22. The van der Waals surface area contributed by atoms with Crippen LogP contribution in [0.2, 0.25) is 0 Å². The second kappa shape index (κ2) is 8.94. The summed E-state index contributed by atoms with van der Waals surface area (Å²) in [6, 6.07) is 14.3. The minimum absolute atomic E-state index is 0.101. The Morgan fingerprint density at radius 2 is 1.90 bits per heavy atom. The van der Waals surface area contributed by atoms with Gasteiger partial charge in [-0.1, -0.05) is 36.0 Å². The van der Waals surface area contributed by atoms with Crippen LogP contribution in [0.4, 0.5) is 4.39 Å². The van der Waals surface area contributed by atoms with Crippen molar-refractivity contribution in [2.45, 2.75) is 30.1 Å². The molecule has 1 aliphatic carbocycles. The number of halogens is 1. The van der Waals surface area contributed by atoms with Gasteiger partial charge in [0, 0.05) is 10.9 Å². The summed E-state index contributed by atoms with van der Waals surface area (Å²) in [5, 5.41) is 16.6. The van der Waals surface area contributed by atoms with E-state index in [0.717, 1.165) is 39.1 Å². The Labute approximate surface area is 191 Å². The highest BCUT2D eigenvalue weighted by molar-refractivity contribution is 7.99. The Morgan fingerprint density at radius 1 is 1.13 bits per heavy atom. The van der Waals surface area contributed by atoms with Crippen molar-refractivity contribution in [3.8, 4) is 10.7 Å². The smallest absolute Gasteiger partial charge is 0.231 e. The van der Waals surface area contributed by atoms with Gasteiger partial charge >= 0.3 is 0 Å². The quantitative estimate of drug-likeness (QED) is 0.344. The lowest BCUT2D eigenvalue weighted by molar-refractivity contribution is -0.119. The van der Waals surface area contributed by atoms with Gasteiger partial charge in [0.05, 0.1) is 16.7 Å². The molecule has 1 aliphatic rings. The lowest BCUT2D eigenvalue weighted by Crippen LogP contribution is -2.30. The molecule has 1 atom stereocenters. The van der Waals surface area contributed by atoms with Gasteiger partial charge in [-0.3, -0.25) is 9.36 Å². The third-order valence-corrected chi connectivity index (χ3v) is 7.73. The van der Waals surface area contributed by atoms with Crippen molar-refractivity contribution in [2.75, 3.05) is 5.75 Å². The van der Waals surface area contributed by atoms with Gasteiger partial charge in [0.1, 0.15) is 5.82 Å². The number of rotatable bonds is 8. The van der Waals surface area contributed by atoms with Crippen LogP contribution in [0.3, 0.4) is 0 Å². The molecule has 1 fully saturated rings. The molecular formula is C22H19FN4OS3. The summed E-state index contributed by atoms with van der Waals surface area (Å²) in [7, 11) is 0. The molecule has 3 heterocycles. The minimum atomic E-state index is -0.309. The van der Waals surface area contributed by atoms with E-state index in [4.69, 9.17) is 0 Å². The van der Waals surface area contributed by atoms with Gasteiger partial charge in [-0.25, -0.2) is 4.39 Å². The van der Waals surface area contributed by atoms with E-state index >= 15 is 0 Å². The third kappa shape index (κ3) is 4.58. The first-order valence-corrected chi connectivity index (χ1v) is 12.6. The standard InChI is InChI=1S/C22H19FN4OS3/c23-15-7-5-14(6-8-15)20(17-3-1-11-29-17)24-19(28)13-31-22-26-25-21(18-4-2-12-30-18)27(22)16-9-10-16/h1-8,11-12,16,20H,9-10,13H2,(H,24,28). The van der Waals surface area contributed by atoms with Crippen molar-refractivity contribution in [3.63, 3.8) is 0 Å². The van der Waals surface area contributed by atoms with Crippen LogP contribution in [-0.4, -0.2) is 26.4 Å². The molecule has 1 aromatic carbocycles. The van der Waals surface area contributed by atoms with E-state index in [9.17, 15) is 9.18 Å². The van der Waals surface area contributed by atoms with Crippen molar-refractivity contribution in [3.05, 3.63) is 75.5 Å². The molecule has 31 heavy (non-hydrogen) atoms. The number of hydrogen-bond acceptors (Lipinski definition) is 6. The number of carbonyl (C=O) groups is 1. The second-order valence-corrected chi connectivity index (χ2v) is 10.1. The largest absolute Gasteiger partial charge is 0.344 e. The monoisotopic (exact) mass is 470 g/mol. The summed E-state index contributed by atoms with van der Waals surface area (Å²) in [5.41, 5.74) is 0.850. The lowest BCUT2D eigenvalue weighted by Gasteiger charge is -2.18. The Morgan fingerprint density at radius 3 is 2.58 bits per heavy atom. The summed E-state index contributed by atoms with van der Waals surface area (Å²) >= 11 is 4.61. The number of nitrogens with one attached hydrogen (secondary N) is 1. The first-order chi connectivity index (χ1) is 15.2. The molecule has 5 nitrogen and oxygen atoms in total. The average molecular weight is 471 g/mol. The van der Waals surface area contributed by atoms with Crippen LogP contribution in [0.1, 0.15) is 35.4 Å². The zero-order valence-electron chi connectivity index (χ0n) is 16.4. The molecule has 1 N–H and O–H groups in total. The van der Waals surface area contributed by atoms with Gasteiger partial charge in [0.2, 0.25) is 5.91 Å². The first kappa shape index (κ1) is 20.4. The normalized spacial score (nSPS) is 14.5. The van der Waals surface area contributed by atoms with Crippen LogP contribution >= 0.6 is 34.4 Å². The summed E-state index contributed by atoms with van der Waals surface area (Å²) in [4.78, 5) is 14.9. The molecule has 9 heteroatoms. The van der Waals surface area contributed by atoms with Crippen molar-refractivity contribution >= 4 is 40.3 Å². The van der Waals surface area contributed by atoms with Gasteiger partial charge in [-0.15, -0.1) is 32.9 Å². The fraction of sp³-hybridized carbons (Fsp3) is 0.227. The maximum atomic E-state index is 13.4. The first-order valence-electron chi connectivity index (χ1n) is 9.89. The Balaban J connectivity index is 1.31. The Bertz CT molecular complexity index is 1150. The van der Waals surface area contributed by atoms with E-state index in [2.05, 4.69) is 20.1 Å². The fourth-order valence-corrected chi connectivity index (χ4v) is 5.70. The van der Waals surface area contributed by atoms with E-state index < -0.39 is 0 Å². The van der Waals surface area contributed by atoms with Crippen molar-refractivity contribution in [1.82, 2.24) is 20.1 Å². The van der Waals surface area contributed by atoms with E-state index in [1.54, 1.807) is 34.8 Å². The van der Waals surface area contributed by atoms with Crippen molar-refractivity contribution in [1.29, 1.82) is 0 Å². The highest BCUT2D eigenvalue weighted by Crippen LogP contribution is 2.41. The topological polar surface area (TPSA) is 59.8 Å². The van der Waals surface area contributed by atoms with E-state index in [1.807, 2.05) is 35.0 Å². The number of thiophene rings is 2. The van der Waals surface area contributed by atoms with Gasteiger partial charge < -0.3 is 5.32 Å². The van der Waals surface area contributed by atoms with Crippen LogP contribution in [0.25, 0.3) is 10.7 Å². The Hall–Kier alpha value is -2.49. The van der Waals surface area contributed by atoms with Crippen molar-refractivity contribution < 1.29 is 9.18 Å². The SMILES string of the molecule is O=C(CSc1nnc(-c2cccs2)n1C1CC1)NC(c1ccc(F)cc1)c1cccs1. The molecular weight excluding hydrogens is 451 g/mol. The molecule has 3 aromatic heterocycles. The zero-order chi connectivity index (χ0) is 21.2. The van der Waals surface area contributed by atoms with E-state index in [1.165, 1.54) is 23.9 Å². The molecule has 0 aliphatic heterocycles. The maximum absolute atomic E-state index is 13.4. The van der Waals surface area contributed by atoms with Gasteiger partial charge in [-0.05, 0) is 53.4 Å². The molecule has 0 spiro atoms. The minimum Gasteiger partial charge on any atom is -0.344 e. The predicted molar refractivity (Wildman–Crippen MR) is 123 cm³/mol. The average Bonchev–Trinajstić information content (AvgIpc) is 3.21. The summed E-state index contributed by atoms with van der Waals surface area (Å²) in [6.45, 7) is 0. The van der Waals surface area contributed by atoms with E-state index in [0.29, 0.717) is 6.04 Å². The zero-order valence-corrected chi connectivity index (χ0v) is 18.9. The number of amides is 1. The van der Waals surface area contributed by atoms with Crippen LogP contribution in [0, 0.1) is 5.82 Å². The molecule has 1 saturated carbocycles. The molecule has 1 amide bonds. The summed E-state index contributed by atoms with van der Waals surface area (Å²) < 4.78 is 15.5. The number of hydrogen-bond donors (Lipinski definition) is 1. The Kier molecular flexibility index (Phi) is 5.89. The number of carbonyl (C=O) groups excluding carboxylic acids is 1. The predicted octanol–water partition coefficient (Wildman–Crippen LogP) is 5.54. The molecule has 0 radical (unpaired) electrons. The lowest BCUT2D eigenvalue weighted by atomic mass is 10.1. The van der Waals surface area contributed by atoms with Crippen LogP contribution < -0.4 is 5.32 Å². The number of nitrogens with zero attached hydrogens (tertiary/aromatic N) is 3. The van der Waals surface area contributed by atoms with Crippen LogP contribution in [0.15, 0.2) is 64.4 Å². The van der Waals surface area contributed by atoms with Gasteiger partial charge in [-0.2, -0.15) is 0 Å². The maximum Gasteiger partial charge on any atom is 0.231 e. The molecule has 1 unspecified atom stereocenters. The van der Waals surface area contributed by atoms with Crippen LogP contribution in [-0.2, 0) is 4.79 Å². The molecule has 4 aromatic rings. The van der Waals surface area contributed by atoms with Gasteiger partial charge in [0.15, 0.2) is 11.0 Å². The fourth-order valence-electron chi connectivity index (χ4n) is 3.37. The number of thioether (sulfide) groups is 1. The van der Waals surface area contributed by atoms with Gasteiger partial charge in [0.25, 0.3) is 0 Å². The highest BCUT2D eigenvalue weighted by Gasteiger charge is 2.30. The molecule has 158 valence electrons.